The van der Waals surface area contributed by atoms with E-state index in [4.69, 9.17) is 4.74 Å². The van der Waals surface area contributed by atoms with Crippen LogP contribution in [-0.2, 0) is 10.0 Å². The fourth-order valence-corrected chi connectivity index (χ4v) is 3.73. The number of hydrogen-bond acceptors (Lipinski definition) is 4. The first-order valence-corrected chi connectivity index (χ1v) is 9.23. The Morgan fingerprint density at radius 1 is 1.17 bits per heavy atom. The molecule has 0 radical (unpaired) electrons. The van der Waals surface area contributed by atoms with Crippen molar-refractivity contribution in [3.63, 3.8) is 0 Å². The highest BCUT2D eigenvalue weighted by atomic mass is 32.2. The van der Waals surface area contributed by atoms with Gasteiger partial charge in [0.25, 0.3) is 0 Å². The summed E-state index contributed by atoms with van der Waals surface area (Å²) in [6.07, 6.45) is 3.32. The summed E-state index contributed by atoms with van der Waals surface area (Å²) in [6.45, 7) is 4.88. The van der Waals surface area contributed by atoms with Crippen LogP contribution in [0.2, 0.25) is 0 Å². The number of rotatable bonds is 10. The van der Waals surface area contributed by atoms with E-state index in [0.29, 0.717) is 13.1 Å². The number of methoxy groups -OCH3 is 1. The lowest BCUT2D eigenvalue weighted by Crippen LogP contribution is -2.33. The SMILES string of the molecule is CCCCN(CCCC)S(=O)(=O)c1ccc(OC)c(C(=O)O)c1. The average Bonchev–Trinajstić information content (AvgIpc) is 2.53. The van der Waals surface area contributed by atoms with E-state index in [9.17, 15) is 18.3 Å². The van der Waals surface area contributed by atoms with Gasteiger partial charge in [0.1, 0.15) is 11.3 Å². The van der Waals surface area contributed by atoms with Crippen molar-refractivity contribution in [3.8, 4) is 5.75 Å². The zero-order valence-corrected chi connectivity index (χ0v) is 14.7. The highest BCUT2D eigenvalue weighted by Gasteiger charge is 2.25. The Morgan fingerprint density at radius 3 is 2.17 bits per heavy atom. The summed E-state index contributed by atoms with van der Waals surface area (Å²) in [5.74, 6) is -1.07. The quantitative estimate of drug-likeness (QED) is 0.706. The predicted molar refractivity (Wildman–Crippen MR) is 88.5 cm³/mol. The van der Waals surface area contributed by atoms with Crippen molar-refractivity contribution in [3.05, 3.63) is 23.8 Å². The third kappa shape index (κ3) is 4.94. The van der Waals surface area contributed by atoms with Gasteiger partial charge >= 0.3 is 5.97 Å². The van der Waals surface area contributed by atoms with Gasteiger partial charge in [-0.25, -0.2) is 13.2 Å². The molecular formula is C16H25NO5S. The normalized spacial score (nSPS) is 11.7. The van der Waals surface area contributed by atoms with Crippen LogP contribution in [0.25, 0.3) is 0 Å². The minimum atomic E-state index is -3.71. The van der Waals surface area contributed by atoms with Gasteiger partial charge in [-0.15, -0.1) is 0 Å². The van der Waals surface area contributed by atoms with Crippen molar-refractivity contribution in [2.45, 2.75) is 44.4 Å². The van der Waals surface area contributed by atoms with Crippen molar-refractivity contribution in [2.75, 3.05) is 20.2 Å². The Bertz CT molecular complexity index is 619. The van der Waals surface area contributed by atoms with Gasteiger partial charge in [-0.2, -0.15) is 4.31 Å². The summed E-state index contributed by atoms with van der Waals surface area (Å²) in [7, 11) is -2.36. The molecule has 1 aromatic carbocycles. The molecule has 0 aliphatic carbocycles. The molecule has 130 valence electrons. The van der Waals surface area contributed by atoms with E-state index in [2.05, 4.69) is 0 Å². The summed E-state index contributed by atoms with van der Waals surface area (Å²) >= 11 is 0. The molecule has 0 heterocycles. The largest absolute Gasteiger partial charge is 0.496 e. The van der Waals surface area contributed by atoms with E-state index in [-0.39, 0.29) is 16.2 Å². The van der Waals surface area contributed by atoms with Crippen molar-refractivity contribution >= 4 is 16.0 Å². The number of hydrogen-bond donors (Lipinski definition) is 1. The van der Waals surface area contributed by atoms with Crippen molar-refractivity contribution in [2.24, 2.45) is 0 Å². The maximum absolute atomic E-state index is 12.8. The molecule has 0 spiro atoms. The summed E-state index contributed by atoms with van der Waals surface area (Å²) in [6, 6.07) is 3.95. The van der Waals surface area contributed by atoms with E-state index in [1.54, 1.807) is 0 Å². The summed E-state index contributed by atoms with van der Waals surface area (Å²) in [5.41, 5.74) is -0.153. The molecule has 0 amide bonds. The second kappa shape index (κ2) is 8.88. The summed E-state index contributed by atoms with van der Waals surface area (Å²) in [5, 5.41) is 9.22. The lowest BCUT2D eigenvalue weighted by atomic mass is 10.2. The van der Waals surface area contributed by atoms with Gasteiger partial charge in [-0.1, -0.05) is 26.7 Å². The van der Waals surface area contributed by atoms with Gasteiger partial charge < -0.3 is 9.84 Å². The first-order chi connectivity index (χ1) is 10.9. The van der Waals surface area contributed by atoms with Crippen LogP contribution in [0.15, 0.2) is 23.1 Å². The molecule has 1 rings (SSSR count). The minimum absolute atomic E-state index is 0.0112. The van der Waals surface area contributed by atoms with Crippen LogP contribution in [0.1, 0.15) is 49.9 Å². The zero-order valence-electron chi connectivity index (χ0n) is 13.9. The Morgan fingerprint density at radius 2 is 1.74 bits per heavy atom. The fraction of sp³-hybridized carbons (Fsp3) is 0.562. The van der Waals surface area contributed by atoms with Crippen LogP contribution in [0.3, 0.4) is 0 Å². The molecule has 0 atom stereocenters. The maximum Gasteiger partial charge on any atom is 0.339 e. The number of carboxylic acid groups (broad SMARTS) is 1. The number of ether oxygens (including phenoxy) is 1. The van der Waals surface area contributed by atoms with Gasteiger partial charge in [-0.05, 0) is 31.0 Å². The van der Waals surface area contributed by atoms with Crippen molar-refractivity contribution < 1.29 is 23.1 Å². The third-order valence-corrected chi connectivity index (χ3v) is 5.46. The number of benzene rings is 1. The highest BCUT2D eigenvalue weighted by Crippen LogP contribution is 2.25. The highest BCUT2D eigenvalue weighted by molar-refractivity contribution is 7.89. The van der Waals surface area contributed by atoms with Crippen LogP contribution >= 0.6 is 0 Å². The first-order valence-electron chi connectivity index (χ1n) is 7.79. The summed E-state index contributed by atoms with van der Waals surface area (Å²) in [4.78, 5) is 11.3. The molecule has 1 N–H and O–H groups in total. The molecule has 0 aliphatic heterocycles. The molecule has 0 fully saturated rings. The van der Waals surface area contributed by atoms with Crippen LogP contribution < -0.4 is 4.74 Å². The van der Waals surface area contributed by atoms with Crippen LogP contribution in [-0.4, -0.2) is 44.0 Å². The monoisotopic (exact) mass is 343 g/mol. The molecule has 0 bridgehead atoms. The van der Waals surface area contributed by atoms with Gasteiger partial charge in [0.15, 0.2) is 0 Å². The predicted octanol–water partition coefficient (Wildman–Crippen LogP) is 2.98. The number of nitrogens with zero attached hydrogens (tertiary/aromatic N) is 1. The molecule has 1 aromatic rings. The second-order valence-corrected chi connectivity index (χ2v) is 7.22. The Hall–Kier alpha value is -1.60. The summed E-state index contributed by atoms with van der Waals surface area (Å²) < 4.78 is 32.0. The minimum Gasteiger partial charge on any atom is -0.496 e. The Kier molecular flexibility index (Phi) is 7.51. The number of carbonyl (C=O) groups is 1. The number of sulfonamides is 1. The van der Waals surface area contributed by atoms with Crippen LogP contribution in [0.5, 0.6) is 5.75 Å². The van der Waals surface area contributed by atoms with E-state index < -0.39 is 16.0 Å². The molecule has 0 aliphatic rings. The molecule has 23 heavy (non-hydrogen) atoms. The Labute approximate surface area is 138 Å². The molecule has 0 saturated carbocycles. The van der Waals surface area contributed by atoms with E-state index in [0.717, 1.165) is 25.7 Å². The van der Waals surface area contributed by atoms with Gasteiger partial charge in [-0.3, -0.25) is 0 Å². The second-order valence-electron chi connectivity index (χ2n) is 5.28. The van der Waals surface area contributed by atoms with Crippen molar-refractivity contribution in [1.29, 1.82) is 0 Å². The Balaban J connectivity index is 3.22. The lowest BCUT2D eigenvalue weighted by molar-refractivity contribution is 0.0693. The maximum atomic E-state index is 12.8. The third-order valence-electron chi connectivity index (χ3n) is 3.56. The van der Waals surface area contributed by atoms with Crippen LogP contribution in [0.4, 0.5) is 0 Å². The lowest BCUT2D eigenvalue weighted by Gasteiger charge is -2.22. The number of aromatic carboxylic acids is 1. The fourth-order valence-electron chi connectivity index (χ4n) is 2.18. The van der Waals surface area contributed by atoms with Crippen molar-refractivity contribution in [1.82, 2.24) is 4.31 Å². The molecular weight excluding hydrogens is 318 g/mol. The average molecular weight is 343 g/mol. The van der Waals surface area contributed by atoms with Gasteiger partial charge in [0.2, 0.25) is 10.0 Å². The molecule has 0 saturated heterocycles. The standard InChI is InChI=1S/C16H25NO5S/c1-4-6-10-17(11-7-5-2)23(20,21)13-8-9-15(22-3)14(12-13)16(18)19/h8-9,12H,4-7,10-11H2,1-3H3,(H,18,19). The van der Waals surface area contributed by atoms with E-state index in [1.807, 2.05) is 13.8 Å². The van der Waals surface area contributed by atoms with E-state index >= 15 is 0 Å². The molecule has 6 nitrogen and oxygen atoms in total. The topological polar surface area (TPSA) is 83.9 Å². The van der Waals surface area contributed by atoms with Gasteiger partial charge in [0.05, 0.1) is 12.0 Å². The first kappa shape index (κ1) is 19.4. The van der Waals surface area contributed by atoms with E-state index in [1.165, 1.54) is 29.6 Å². The smallest absolute Gasteiger partial charge is 0.339 e. The van der Waals surface area contributed by atoms with Gasteiger partial charge in [0, 0.05) is 13.1 Å². The molecule has 7 heteroatoms. The van der Waals surface area contributed by atoms with Crippen LogP contribution in [0, 0.1) is 0 Å². The number of carboxylic acids is 1. The molecule has 0 aromatic heterocycles. The molecule has 0 unspecified atom stereocenters. The number of unbranched alkanes of at least 4 members (excludes halogenated alkanes) is 2. The zero-order chi connectivity index (χ0) is 17.5.